The van der Waals surface area contributed by atoms with Gasteiger partial charge in [-0.25, -0.2) is 8.78 Å². The standard InChI is InChI=1S/C14H15F2NO3/c1-14(13(19)20)4-6-17(7-5-14)12(18)9-2-3-10(15)11(16)8-9/h2-3,8H,4-7H2,1H3,(H,19,20). The van der Waals surface area contributed by atoms with Crippen molar-refractivity contribution in [1.29, 1.82) is 0 Å². The first kappa shape index (κ1) is 14.4. The number of hydrogen-bond acceptors (Lipinski definition) is 2. The Balaban J connectivity index is 2.08. The number of carboxylic acid groups (broad SMARTS) is 1. The maximum atomic E-state index is 13.1. The Morgan fingerprint density at radius 1 is 1.20 bits per heavy atom. The molecule has 1 heterocycles. The van der Waals surface area contributed by atoms with E-state index in [-0.39, 0.29) is 5.56 Å². The van der Waals surface area contributed by atoms with Gasteiger partial charge in [-0.2, -0.15) is 0 Å². The molecule has 1 aliphatic rings. The van der Waals surface area contributed by atoms with Crippen molar-refractivity contribution in [2.24, 2.45) is 5.41 Å². The predicted octanol–water partition coefficient (Wildman–Crippen LogP) is 2.29. The van der Waals surface area contributed by atoms with E-state index in [1.165, 1.54) is 11.0 Å². The number of rotatable bonds is 2. The smallest absolute Gasteiger partial charge is 0.309 e. The average molecular weight is 283 g/mol. The zero-order valence-electron chi connectivity index (χ0n) is 11.0. The number of aliphatic carboxylic acids is 1. The molecule has 20 heavy (non-hydrogen) atoms. The molecular formula is C14H15F2NO3. The molecule has 0 radical (unpaired) electrons. The highest BCUT2D eigenvalue weighted by atomic mass is 19.2. The van der Waals surface area contributed by atoms with Crippen molar-refractivity contribution in [3.8, 4) is 0 Å². The Labute approximate surface area is 115 Å². The van der Waals surface area contributed by atoms with E-state index < -0.39 is 28.9 Å². The van der Waals surface area contributed by atoms with Gasteiger partial charge in [0.05, 0.1) is 5.41 Å². The van der Waals surface area contributed by atoms with Crippen LogP contribution in [0.2, 0.25) is 0 Å². The third kappa shape index (κ3) is 2.64. The molecule has 0 aliphatic carbocycles. The fraction of sp³-hybridized carbons (Fsp3) is 0.429. The highest BCUT2D eigenvalue weighted by Crippen LogP contribution is 2.31. The van der Waals surface area contributed by atoms with Crippen molar-refractivity contribution in [3.05, 3.63) is 35.4 Å². The average Bonchev–Trinajstić information content (AvgIpc) is 2.42. The van der Waals surface area contributed by atoms with Crippen molar-refractivity contribution in [2.45, 2.75) is 19.8 Å². The molecule has 0 aromatic heterocycles. The van der Waals surface area contributed by atoms with Crippen LogP contribution in [0.3, 0.4) is 0 Å². The third-order valence-electron chi connectivity index (χ3n) is 3.84. The number of amides is 1. The first-order chi connectivity index (χ1) is 9.33. The van der Waals surface area contributed by atoms with Gasteiger partial charge in [-0.15, -0.1) is 0 Å². The van der Waals surface area contributed by atoms with Crippen LogP contribution in [0.5, 0.6) is 0 Å². The third-order valence-corrected chi connectivity index (χ3v) is 3.84. The molecule has 1 aliphatic heterocycles. The van der Waals surface area contributed by atoms with Gasteiger partial charge in [0.1, 0.15) is 0 Å². The van der Waals surface area contributed by atoms with Gasteiger partial charge in [0.15, 0.2) is 11.6 Å². The molecule has 4 nitrogen and oxygen atoms in total. The molecule has 2 rings (SSSR count). The number of halogens is 2. The second-order valence-electron chi connectivity index (χ2n) is 5.29. The van der Waals surface area contributed by atoms with Gasteiger partial charge >= 0.3 is 5.97 Å². The summed E-state index contributed by atoms with van der Waals surface area (Å²) < 4.78 is 25.9. The summed E-state index contributed by atoms with van der Waals surface area (Å²) in [5.74, 6) is -3.35. The van der Waals surface area contributed by atoms with Crippen LogP contribution in [0.4, 0.5) is 8.78 Å². The van der Waals surface area contributed by atoms with Crippen molar-refractivity contribution in [3.63, 3.8) is 0 Å². The van der Waals surface area contributed by atoms with Crippen LogP contribution in [-0.4, -0.2) is 35.0 Å². The summed E-state index contributed by atoms with van der Waals surface area (Å²) in [6, 6.07) is 3.00. The van der Waals surface area contributed by atoms with E-state index in [9.17, 15) is 18.4 Å². The molecule has 6 heteroatoms. The largest absolute Gasteiger partial charge is 0.481 e. The van der Waals surface area contributed by atoms with Gasteiger partial charge in [0.2, 0.25) is 0 Å². The highest BCUT2D eigenvalue weighted by Gasteiger charge is 2.38. The fourth-order valence-corrected chi connectivity index (χ4v) is 2.23. The highest BCUT2D eigenvalue weighted by molar-refractivity contribution is 5.94. The van der Waals surface area contributed by atoms with E-state index in [2.05, 4.69) is 0 Å². The number of carboxylic acids is 1. The second-order valence-corrected chi connectivity index (χ2v) is 5.29. The van der Waals surface area contributed by atoms with Gasteiger partial charge in [-0.05, 0) is 38.0 Å². The molecule has 108 valence electrons. The quantitative estimate of drug-likeness (QED) is 0.906. The van der Waals surface area contributed by atoms with Crippen molar-refractivity contribution in [1.82, 2.24) is 4.90 Å². The lowest BCUT2D eigenvalue weighted by atomic mass is 9.80. The molecule has 0 bridgehead atoms. The number of piperidine rings is 1. The number of nitrogens with zero attached hydrogens (tertiary/aromatic N) is 1. The monoisotopic (exact) mass is 283 g/mol. The lowest BCUT2D eigenvalue weighted by Gasteiger charge is -2.36. The normalized spacial score (nSPS) is 17.9. The zero-order chi connectivity index (χ0) is 14.9. The van der Waals surface area contributed by atoms with E-state index in [4.69, 9.17) is 5.11 Å². The predicted molar refractivity (Wildman–Crippen MR) is 67.2 cm³/mol. The summed E-state index contributed by atoms with van der Waals surface area (Å²) in [4.78, 5) is 24.7. The van der Waals surface area contributed by atoms with Gasteiger partial charge < -0.3 is 10.0 Å². The molecule has 0 saturated carbocycles. The first-order valence-electron chi connectivity index (χ1n) is 6.31. The Bertz CT molecular complexity index is 551. The fourth-order valence-electron chi connectivity index (χ4n) is 2.23. The summed E-state index contributed by atoms with van der Waals surface area (Å²) in [6.45, 7) is 2.23. The number of carbonyl (C=O) groups excluding carboxylic acids is 1. The molecule has 0 unspecified atom stereocenters. The SMILES string of the molecule is CC1(C(=O)O)CCN(C(=O)c2ccc(F)c(F)c2)CC1. The van der Waals surface area contributed by atoms with Gasteiger partial charge in [0, 0.05) is 18.7 Å². The summed E-state index contributed by atoms with van der Waals surface area (Å²) >= 11 is 0. The van der Waals surface area contributed by atoms with Gasteiger partial charge in [-0.1, -0.05) is 0 Å². The van der Waals surface area contributed by atoms with E-state index in [1.807, 2.05) is 0 Å². The van der Waals surface area contributed by atoms with Crippen LogP contribution in [0.25, 0.3) is 0 Å². The maximum Gasteiger partial charge on any atom is 0.309 e. The number of benzene rings is 1. The molecular weight excluding hydrogens is 268 g/mol. The van der Waals surface area contributed by atoms with Gasteiger partial charge in [-0.3, -0.25) is 9.59 Å². The minimum atomic E-state index is -1.07. The minimum absolute atomic E-state index is 0.0721. The van der Waals surface area contributed by atoms with E-state index in [0.29, 0.717) is 25.9 Å². The Hall–Kier alpha value is -1.98. The molecule has 0 spiro atoms. The van der Waals surface area contributed by atoms with Crippen molar-refractivity contribution >= 4 is 11.9 Å². The summed E-state index contributed by atoms with van der Waals surface area (Å²) in [5, 5.41) is 9.11. The lowest BCUT2D eigenvalue weighted by Crippen LogP contribution is -2.45. The Morgan fingerprint density at radius 2 is 1.80 bits per heavy atom. The topological polar surface area (TPSA) is 57.6 Å². The maximum absolute atomic E-state index is 13.1. The second kappa shape index (κ2) is 5.19. The van der Waals surface area contributed by atoms with E-state index >= 15 is 0 Å². The van der Waals surface area contributed by atoms with Crippen molar-refractivity contribution < 1.29 is 23.5 Å². The number of likely N-dealkylation sites (tertiary alicyclic amines) is 1. The van der Waals surface area contributed by atoms with Crippen LogP contribution in [0.15, 0.2) is 18.2 Å². The van der Waals surface area contributed by atoms with Crippen LogP contribution in [-0.2, 0) is 4.79 Å². The van der Waals surface area contributed by atoms with Crippen LogP contribution in [0.1, 0.15) is 30.1 Å². The zero-order valence-corrected chi connectivity index (χ0v) is 11.0. The van der Waals surface area contributed by atoms with Crippen LogP contribution in [0, 0.1) is 17.0 Å². The Morgan fingerprint density at radius 3 is 2.30 bits per heavy atom. The number of carbonyl (C=O) groups is 2. The summed E-state index contributed by atoms with van der Waals surface area (Å²) in [6.07, 6.45) is 0.690. The summed E-state index contributed by atoms with van der Waals surface area (Å²) in [7, 11) is 0. The molecule has 1 fully saturated rings. The molecule has 1 aromatic rings. The molecule has 1 N–H and O–H groups in total. The summed E-state index contributed by atoms with van der Waals surface area (Å²) in [5.41, 5.74) is -0.756. The van der Waals surface area contributed by atoms with E-state index in [1.54, 1.807) is 6.92 Å². The molecule has 1 amide bonds. The van der Waals surface area contributed by atoms with Crippen molar-refractivity contribution in [2.75, 3.05) is 13.1 Å². The minimum Gasteiger partial charge on any atom is -0.481 e. The Kier molecular flexibility index (Phi) is 3.74. The molecule has 1 aromatic carbocycles. The van der Waals surface area contributed by atoms with Crippen LogP contribution >= 0.6 is 0 Å². The van der Waals surface area contributed by atoms with Gasteiger partial charge in [0.25, 0.3) is 5.91 Å². The molecule has 1 saturated heterocycles. The van der Waals surface area contributed by atoms with Crippen LogP contribution < -0.4 is 0 Å². The first-order valence-corrected chi connectivity index (χ1v) is 6.31. The van der Waals surface area contributed by atoms with E-state index in [0.717, 1.165) is 12.1 Å². The molecule has 0 atom stereocenters. The number of hydrogen-bond donors (Lipinski definition) is 1. The lowest BCUT2D eigenvalue weighted by molar-refractivity contribution is -0.150.